The first-order chi connectivity index (χ1) is 9.31. The Hall–Kier alpha value is -1.07. The van der Waals surface area contributed by atoms with Gasteiger partial charge in [-0.1, -0.05) is 13.8 Å². The maximum absolute atomic E-state index is 12.7. The first kappa shape index (κ1) is 17.0. The summed E-state index contributed by atoms with van der Waals surface area (Å²) in [6.45, 7) is 5.79. The van der Waals surface area contributed by atoms with Gasteiger partial charge in [0.2, 0.25) is 5.91 Å². The molecule has 0 saturated carbocycles. The third-order valence-electron chi connectivity index (χ3n) is 3.30. The van der Waals surface area contributed by atoms with E-state index in [0.29, 0.717) is 12.2 Å². The summed E-state index contributed by atoms with van der Waals surface area (Å²) < 4.78 is 12.7. The maximum Gasteiger partial charge on any atom is 0.220 e. The van der Waals surface area contributed by atoms with Crippen molar-refractivity contribution >= 4 is 17.7 Å². The molecule has 2 N–H and O–H groups in total. The Labute approximate surface area is 124 Å². The minimum atomic E-state index is -0.889. The van der Waals surface area contributed by atoms with Crippen molar-refractivity contribution in [3.63, 3.8) is 0 Å². The number of nitrogens with one attached hydrogen (secondary N) is 1. The summed E-state index contributed by atoms with van der Waals surface area (Å²) >= 11 is 1.51. The predicted octanol–water partition coefficient (Wildman–Crippen LogP) is 2.83. The largest absolute Gasteiger partial charge is 0.388 e. The normalized spacial score (nSPS) is 14.1. The Bertz CT molecular complexity index is 432. The lowest BCUT2D eigenvalue weighted by molar-refractivity contribution is -0.122. The van der Waals surface area contributed by atoms with Gasteiger partial charge in [0.25, 0.3) is 0 Å². The van der Waals surface area contributed by atoms with Crippen LogP contribution in [0.1, 0.15) is 27.2 Å². The minimum Gasteiger partial charge on any atom is -0.388 e. The third-order valence-corrected chi connectivity index (χ3v) is 4.31. The number of hydrogen-bond donors (Lipinski definition) is 2. The van der Waals surface area contributed by atoms with E-state index in [9.17, 15) is 14.3 Å². The number of rotatable bonds is 7. The Balaban J connectivity index is 2.25. The van der Waals surface area contributed by atoms with Crippen LogP contribution < -0.4 is 5.32 Å². The first-order valence-corrected chi connectivity index (χ1v) is 7.67. The molecule has 20 heavy (non-hydrogen) atoms. The molecule has 0 fully saturated rings. The van der Waals surface area contributed by atoms with Gasteiger partial charge in [-0.3, -0.25) is 4.79 Å². The number of halogens is 1. The van der Waals surface area contributed by atoms with Crippen LogP contribution in [-0.2, 0) is 4.79 Å². The molecule has 0 bridgehead atoms. The van der Waals surface area contributed by atoms with E-state index in [0.717, 1.165) is 4.90 Å². The summed E-state index contributed by atoms with van der Waals surface area (Å²) in [6, 6.07) is 6.20. The highest BCUT2D eigenvalue weighted by molar-refractivity contribution is 7.99. The molecule has 1 aromatic carbocycles. The summed E-state index contributed by atoms with van der Waals surface area (Å²) in [4.78, 5) is 12.6. The van der Waals surface area contributed by atoms with Crippen molar-refractivity contribution in [3.8, 4) is 0 Å². The highest BCUT2D eigenvalue weighted by Gasteiger charge is 2.25. The van der Waals surface area contributed by atoms with Gasteiger partial charge in [0.1, 0.15) is 5.82 Å². The zero-order chi connectivity index (χ0) is 15.2. The zero-order valence-corrected chi connectivity index (χ0v) is 13.0. The second-order valence-electron chi connectivity index (χ2n) is 5.34. The van der Waals surface area contributed by atoms with Crippen LogP contribution in [0.15, 0.2) is 29.2 Å². The first-order valence-electron chi connectivity index (χ1n) is 6.68. The van der Waals surface area contributed by atoms with Crippen molar-refractivity contribution in [1.82, 2.24) is 5.32 Å². The molecule has 0 heterocycles. The van der Waals surface area contributed by atoms with Gasteiger partial charge >= 0.3 is 0 Å². The molecule has 1 amide bonds. The van der Waals surface area contributed by atoms with E-state index in [-0.39, 0.29) is 24.2 Å². The van der Waals surface area contributed by atoms with E-state index < -0.39 is 5.60 Å². The highest BCUT2D eigenvalue weighted by atomic mass is 32.2. The Kier molecular flexibility index (Phi) is 6.49. The topological polar surface area (TPSA) is 49.3 Å². The Morgan fingerprint density at radius 1 is 1.40 bits per heavy atom. The van der Waals surface area contributed by atoms with Gasteiger partial charge in [-0.05, 0) is 37.1 Å². The van der Waals surface area contributed by atoms with Gasteiger partial charge in [0.15, 0.2) is 0 Å². The number of thioether (sulfide) groups is 1. The molecule has 0 aliphatic rings. The molecule has 1 atom stereocenters. The Morgan fingerprint density at radius 3 is 2.55 bits per heavy atom. The molecule has 1 aromatic rings. The molecule has 0 aromatic heterocycles. The van der Waals surface area contributed by atoms with Crippen LogP contribution in [0.4, 0.5) is 4.39 Å². The van der Waals surface area contributed by atoms with Gasteiger partial charge in [-0.25, -0.2) is 4.39 Å². The summed E-state index contributed by atoms with van der Waals surface area (Å²) in [5.74, 6) is 0.362. The second kappa shape index (κ2) is 7.64. The van der Waals surface area contributed by atoms with Crippen molar-refractivity contribution < 1.29 is 14.3 Å². The second-order valence-corrected chi connectivity index (χ2v) is 6.51. The summed E-state index contributed by atoms with van der Waals surface area (Å²) in [7, 11) is 0. The standard InChI is InChI=1S/C15H22FNO2S/c1-11(2)15(3,19)10-17-14(18)8-9-20-13-6-4-12(16)5-7-13/h4-7,11,19H,8-10H2,1-3H3,(H,17,18). The molecule has 0 spiro atoms. The van der Waals surface area contributed by atoms with Crippen LogP contribution in [-0.4, -0.2) is 28.9 Å². The van der Waals surface area contributed by atoms with E-state index >= 15 is 0 Å². The number of carbonyl (C=O) groups is 1. The summed E-state index contributed by atoms with van der Waals surface area (Å²) in [5.41, 5.74) is -0.889. The van der Waals surface area contributed by atoms with Gasteiger partial charge in [-0.15, -0.1) is 11.8 Å². The molecule has 0 radical (unpaired) electrons. The van der Waals surface area contributed by atoms with Crippen molar-refractivity contribution in [2.75, 3.05) is 12.3 Å². The third kappa shape index (κ3) is 5.92. The van der Waals surface area contributed by atoms with E-state index in [1.807, 2.05) is 13.8 Å². The summed E-state index contributed by atoms with van der Waals surface area (Å²) in [5, 5.41) is 12.8. The van der Waals surface area contributed by atoms with Crippen LogP contribution in [0, 0.1) is 11.7 Å². The fraction of sp³-hybridized carbons (Fsp3) is 0.533. The SMILES string of the molecule is CC(C)C(C)(O)CNC(=O)CCSc1ccc(F)cc1. The fourth-order valence-corrected chi connectivity index (χ4v) is 2.21. The quantitative estimate of drug-likeness (QED) is 0.761. The van der Waals surface area contributed by atoms with E-state index in [1.165, 1.54) is 23.9 Å². The average molecular weight is 299 g/mol. The van der Waals surface area contributed by atoms with Crippen LogP contribution >= 0.6 is 11.8 Å². The van der Waals surface area contributed by atoms with Crippen molar-refractivity contribution in [3.05, 3.63) is 30.1 Å². The molecular weight excluding hydrogens is 277 g/mol. The minimum absolute atomic E-state index is 0.0800. The van der Waals surface area contributed by atoms with Crippen LogP contribution in [0.25, 0.3) is 0 Å². The molecule has 1 rings (SSSR count). The van der Waals surface area contributed by atoms with E-state index in [1.54, 1.807) is 19.1 Å². The van der Waals surface area contributed by atoms with Gasteiger partial charge in [0.05, 0.1) is 5.60 Å². The lowest BCUT2D eigenvalue weighted by Gasteiger charge is -2.27. The highest BCUT2D eigenvalue weighted by Crippen LogP contribution is 2.19. The maximum atomic E-state index is 12.7. The van der Waals surface area contributed by atoms with Gasteiger partial charge in [0, 0.05) is 23.6 Å². The Morgan fingerprint density at radius 2 is 2.00 bits per heavy atom. The summed E-state index contributed by atoms with van der Waals surface area (Å²) in [6.07, 6.45) is 0.371. The molecule has 1 unspecified atom stereocenters. The molecule has 3 nitrogen and oxygen atoms in total. The van der Waals surface area contributed by atoms with E-state index in [2.05, 4.69) is 5.32 Å². The van der Waals surface area contributed by atoms with Crippen molar-refractivity contribution in [2.24, 2.45) is 5.92 Å². The van der Waals surface area contributed by atoms with Crippen molar-refractivity contribution in [2.45, 2.75) is 37.7 Å². The van der Waals surface area contributed by atoms with Crippen LogP contribution in [0.2, 0.25) is 0 Å². The molecule has 0 aliphatic carbocycles. The number of carbonyl (C=O) groups excluding carboxylic acids is 1. The van der Waals surface area contributed by atoms with E-state index in [4.69, 9.17) is 0 Å². The van der Waals surface area contributed by atoms with Crippen LogP contribution in [0.5, 0.6) is 0 Å². The number of hydrogen-bond acceptors (Lipinski definition) is 3. The van der Waals surface area contributed by atoms with Gasteiger partial charge in [-0.2, -0.15) is 0 Å². The lowest BCUT2D eigenvalue weighted by Crippen LogP contribution is -2.44. The number of amides is 1. The molecule has 112 valence electrons. The molecular formula is C15H22FNO2S. The molecule has 0 saturated heterocycles. The van der Waals surface area contributed by atoms with Gasteiger partial charge < -0.3 is 10.4 Å². The smallest absolute Gasteiger partial charge is 0.220 e. The van der Waals surface area contributed by atoms with Crippen LogP contribution in [0.3, 0.4) is 0 Å². The number of aliphatic hydroxyl groups is 1. The monoisotopic (exact) mass is 299 g/mol. The fourth-order valence-electron chi connectivity index (χ4n) is 1.36. The zero-order valence-electron chi connectivity index (χ0n) is 12.1. The molecule has 5 heteroatoms. The molecule has 0 aliphatic heterocycles. The average Bonchev–Trinajstić information content (AvgIpc) is 2.39. The lowest BCUT2D eigenvalue weighted by atomic mass is 9.92. The van der Waals surface area contributed by atoms with Crippen molar-refractivity contribution in [1.29, 1.82) is 0 Å². The predicted molar refractivity (Wildman–Crippen MR) is 80.2 cm³/mol. The number of benzene rings is 1.